The van der Waals surface area contributed by atoms with Gasteiger partial charge in [0.25, 0.3) is 0 Å². The number of benzene rings is 2. The van der Waals surface area contributed by atoms with Gasteiger partial charge < -0.3 is 21.2 Å². The first kappa shape index (κ1) is 20.5. The quantitative estimate of drug-likeness (QED) is 0.564. The van der Waals surface area contributed by atoms with Gasteiger partial charge in [-0.15, -0.1) is 4.73 Å². The summed E-state index contributed by atoms with van der Waals surface area (Å²) in [6.45, 7) is 1.72. The minimum Gasteiger partial charge on any atom is -0.423 e. The molecule has 2 amide bonds. The Kier molecular flexibility index (Phi) is 6.16. The van der Waals surface area contributed by atoms with E-state index in [1.807, 2.05) is 60.7 Å². The van der Waals surface area contributed by atoms with Gasteiger partial charge in [0.1, 0.15) is 5.82 Å². The van der Waals surface area contributed by atoms with Crippen LogP contribution in [0.15, 0.2) is 71.7 Å². The van der Waals surface area contributed by atoms with E-state index in [0.717, 1.165) is 37.1 Å². The lowest BCUT2D eigenvalue weighted by molar-refractivity contribution is 0.174. The smallest absolute Gasteiger partial charge is 0.343 e. The van der Waals surface area contributed by atoms with Gasteiger partial charge in [-0.3, -0.25) is 0 Å². The number of amides is 2. The number of rotatable bonds is 4. The van der Waals surface area contributed by atoms with Crippen LogP contribution in [-0.4, -0.2) is 34.0 Å². The molecule has 1 aliphatic heterocycles. The maximum Gasteiger partial charge on any atom is 0.343 e. The minimum absolute atomic E-state index is 0.0328. The number of nitrogen functional groups attached to an aromatic ring is 1. The Hall–Kier alpha value is -3.81. The monoisotopic (exact) mass is 418 g/mol. The minimum atomic E-state index is -0.587. The summed E-state index contributed by atoms with van der Waals surface area (Å²) >= 11 is 0. The molecule has 0 bridgehead atoms. The van der Waals surface area contributed by atoms with Gasteiger partial charge >= 0.3 is 6.03 Å². The lowest BCUT2D eigenvalue weighted by atomic mass is 9.99. The molecule has 31 heavy (non-hydrogen) atoms. The number of hydrogen-bond acceptors (Lipinski definition) is 5. The molecular formula is C23H26N6O2. The van der Waals surface area contributed by atoms with Crippen LogP contribution in [0.1, 0.15) is 36.4 Å². The normalized spacial score (nSPS) is 14.6. The van der Waals surface area contributed by atoms with Crippen LogP contribution < -0.4 is 21.4 Å². The Morgan fingerprint density at radius 3 is 2.16 bits per heavy atom. The second-order valence-corrected chi connectivity index (χ2v) is 7.51. The van der Waals surface area contributed by atoms with Gasteiger partial charge in [0.2, 0.25) is 5.95 Å². The molecule has 0 aliphatic carbocycles. The SMILES string of the molecule is Nc1nc(N2CCCCC2)cc(=NC(=O)NC(c2ccccc2)c2ccccc2)n1O. The van der Waals surface area contributed by atoms with Crippen molar-refractivity contribution in [1.29, 1.82) is 0 Å². The van der Waals surface area contributed by atoms with E-state index in [1.54, 1.807) is 6.07 Å². The van der Waals surface area contributed by atoms with Crippen molar-refractivity contribution in [3.63, 3.8) is 0 Å². The summed E-state index contributed by atoms with van der Waals surface area (Å²) in [6.07, 6.45) is 3.32. The van der Waals surface area contributed by atoms with Crippen LogP contribution in [0.2, 0.25) is 0 Å². The first-order valence-electron chi connectivity index (χ1n) is 10.4. The molecule has 1 fully saturated rings. The standard InChI is InChI=1S/C23H26N6O2/c24-22-25-19(28-14-8-3-9-15-28)16-20(29(22)31)26-23(30)27-21(17-10-4-1-5-11-17)18-12-6-2-7-13-18/h1-2,4-7,10-13,16,21,31H,3,8-9,14-15H2,(H2,24,25)(H,27,30). The fourth-order valence-electron chi connectivity index (χ4n) is 3.77. The van der Waals surface area contributed by atoms with Crippen LogP contribution in [0.3, 0.4) is 0 Å². The molecule has 1 aromatic heterocycles. The van der Waals surface area contributed by atoms with Crippen LogP contribution in [0.25, 0.3) is 0 Å². The van der Waals surface area contributed by atoms with Gasteiger partial charge in [-0.1, -0.05) is 60.7 Å². The molecule has 4 rings (SSSR count). The van der Waals surface area contributed by atoms with Gasteiger partial charge in [-0.25, -0.2) is 4.79 Å². The predicted molar refractivity (Wildman–Crippen MR) is 119 cm³/mol. The fourth-order valence-corrected chi connectivity index (χ4v) is 3.77. The Bertz CT molecular complexity index is 1050. The molecule has 0 unspecified atom stereocenters. The zero-order chi connectivity index (χ0) is 21.6. The van der Waals surface area contributed by atoms with E-state index in [9.17, 15) is 10.0 Å². The molecule has 0 radical (unpaired) electrons. The van der Waals surface area contributed by atoms with E-state index >= 15 is 0 Å². The van der Waals surface area contributed by atoms with Crippen molar-refractivity contribution in [2.75, 3.05) is 23.7 Å². The van der Waals surface area contributed by atoms with Crippen molar-refractivity contribution in [2.24, 2.45) is 4.99 Å². The van der Waals surface area contributed by atoms with E-state index in [1.165, 1.54) is 6.42 Å². The summed E-state index contributed by atoms with van der Waals surface area (Å²) in [5, 5.41) is 13.2. The van der Waals surface area contributed by atoms with Gasteiger partial charge in [0, 0.05) is 19.2 Å². The van der Waals surface area contributed by atoms with Crippen molar-refractivity contribution in [1.82, 2.24) is 15.0 Å². The lowest BCUT2D eigenvalue weighted by Crippen LogP contribution is -2.34. The zero-order valence-electron chi connectivity index (χ0n) is 17.2. The largest absolute Gasteiger partial charge is 0.423 e. The zero-order valence-corrected chi connectivity index (χ0v) is 17.2. The number of nitrogens with zero attached hydrogens (tertiary/aromatic N) is 4. The number of carbonyl (C=O) groups is 1. The Balaban J connectivity index is 1.65. The van der Waals surface area contributed by atoms with Crippen molar-refractivity contribution < 1.29 is 10.0 Å². The summed E-state index contributed by atoms with van der Waals surface area (Å²) in [4.78, 5) is 23.3. The highest BCUT2D eigenvalue weighted by molar-refractivity contribution is 5.76. The summed E-state index contributed by atoms with van der Waals surface area (Å²) < 4.78 is 0.632. The third-order valence-electron chi connectivity index (χ3n) is 5.35. The first-order chi connectivity index (χ1) is 15.1. The van der Waals surface area contributed by atoms with Crippen molar-refractivity contribution in [2.45, 2.75) is 25.3 Å². The van der Waals surface area contributed by atoms with Crippen LogP contribution in [-0.2, 0) is 0 Å². The molecule has 0 atom stereocenters. The van der Waals surface area contributed by atoms with Gasteiger partial charge in [-0.2, -0.15) is 9.98 Å². The second kappa shape index (κ2) is 9.34. The highest BCUT2D eigenvalue weighted by Gasteiger charge is 2.18. The molecule has 4 N–H and O–H groups in total. The van der Waals surface area contributed by atoms with E-state index in [-0.39, 0.29) is 17.5 Å². The Morgan fingerprint density at radius 1 is 1.00 bits per heavy atom. The van der Waals surface area contributed by atoms with Crippen molar-refractivity contribution in [3.05, 3.63) is 83.3 Å². The summed E-state index contributed by atoms with van der Waals surface area (Å²) in [5.41, 5.74) is 7.76. The van der Waals surface area contributed by atoms with Gasteiger partial charge in [0.05, 0.1) is 6.04 Å². The van der Waals surface area contributed by atoms with Crippen molar-refractivity contribution >= 4 is 17.8 Å². The maximum atomic E-state index is 12.8. The molecule has 0 spiro atoms. The van der Waals surface area contributed by atoms with E-state index < -0.39 is 6.03 Å². The molecule has 2 heterocycles. The Labute approximate surface area is 180 Å². The average molecular weight is 419 g/mol. The molecular weight excluding hydrogens is 392 g/mol. The fraction of sp³-hybridized carbons (Fsp3) is 0.261. The summed E-state index contributed by atoms with van der Waals surface area (Å²) in [5.74, 6) is 0.494. The molecule has 2 aromatic carbocycles. The van der Waals surface area contributed by atoms with E-state index in [4.69, 9.17) is 5.73 Å². The molecule has 160 valence electrons. The number of hydrogen-bond donors (Lipinski definition) is 3. The van der Waals surface area contributed by atoms with Crippen LogP contribution >= 0.6 is 0 Å². The van der Waals surface area contributed by atoms with Crippen LogP contribution in [0.4, 0.5) is 16.6 Å². The van der Waals surface area contributed by atoms with E-state index in [0.29, 0.717) is 10.5 Å². The highest BCUT2D eigenvalue weighted by atomic mass is 16.5. The molecule has 1 aliphatic rings. The first-order valence-corrected chi connectivity index (χ1v) is 10.4. The number of urea groups is 1. The molecule has 3 aromatic rings. The molecule has 8 heteroatoms. The summed E-state index contributed by atoms with van der Waals surface area (Å²) in [7, 11) is 0. The number of nitrogens with two attached hydrogens (primary N) is 1. The molecule has 0 saturated carbocycles. The van der Waals surface area contributed by atoms with Crippen LogP contribution in [0.5, 0.6) is 0 Å². The van der Waals surface area contributed by atoms with Crippen LogP contribution in [0, 0.1) is 0 Å². The molecule has 8 nitrogen and oxygen atoms in total. The third kappa shape index (κ3) is 4.85. The highest BCUT2D eigenvalue weighted by Crippen LogP contribution is 2.22. The number of piperidine rings is 1. The topological polar surface area (TPSA) is 109 Å². The number of aromatic nitrogens is 2. The van der Waals surface area contributed by atoms with Gasteiger partial charge in [0.15, 0.2) is 5.49 Å². The number of anilines is 2. The molecule has 1 saturated heterocycles. The lowest BCUT2D eigenvalue weighted by Gasteiger charge is -2.27. The van der Waals surface area contributed by atoms with E-state index in [2.05, 4.69) is 20.2 Å². The number of carbonyl (C=O) groups excluding carboxylic acids is 1. The summed E-state index contributed by atoms with van der Waals surface area (Å²) in [6, 6.07) is 19.9. The maximum absolute atomic E-state index is 12.8. The van der Waals surface area contributed by atoms with Crippen molar-refractivity contribution in [3.8, 4) is 0 Å². The van der Waals surface area contributed by atoms with Gasteiger partial charge in [-0.05, 0) is 30.4 Å². The second-order valence-electron chi connectivity index (χ2n) is 7.51. The Morgan fingerprint density at radius 2 is 1.58 bits per heavy atom. The predicted octanol–water partition coefficient (Wildman–Crippen LogP) is 3.09. The number of nitrogens with one attached hydrogen (secondary N) is 1. The third-order valence-corrected chi connectivity index (χ3v) is 5.35. The average Bonchev–Trinajstić information content (AvgIpc) is 2.82.